The summed E-state index contributed by atoms with van der Waals surface area (Å²) < 4.78 is 12.5. The Morgan fingerprint density at radius 2 is 1.97 bits per heavy atom. The minimum absolute atomic E-state index is 0.306. The van der Waals surface area contributed by atoms with Gasteiger partial charge in [-0.05, 0) is 30.5 Å². The van der Waals surface area contributed by atoms with Crippen molar-refractivity contribution in [3.05, 3.63) is 36.8 Å². The molecular weight excluding hydrogens is 454 g/mol. The molecule has 3 aromatic heterocycles. The fourth-order valence-electron chi connectivity index (χ4n) is 4.29. The Morgan fingerprint density at radius 1 is 1.17 bits per heavy atom. The molecule has 0 amide bonds. The maximum atomic E-state index is 10.6. The zero-order valence-corrected chi connectivity index (χ0v) is 18.9. The van der Waals surface area contributed by atoms with Crippen LogP contribution in [0.1, 0.15) is 19.1 Å². The summed E-state index contributed by atoms with van der Waals surface area (Å²) in [4.78, 5) is 14.0. The third kappa shape index (κ3) is 3.80. The summed E-state index contributed by atoms with van der Waals surface area (Å²) in [6.07, 6.45) is 0.975. The maximum Gasteiger partial charge on any atom is 0.184 e. The third-order valence-corrected chi connectivity index (χ3v) is 6.38. The average Bonchev–Trinajstić information content (AvgIpc) is 3.27. The molecule has 2 fully saturated rings. The van der Waals surface area contributed by atoms with E-state index in [1.54, 1.807) is 17.9 Å². The van der Waals surface area contributed by atoms with E-state index in [2.05, 4.69) is 20.5 Å². The van der Waals surface area contributed by atoms with Gasteiger partial charge in [-0.1, -0.05) is 12.1 Å². The number of methoxy groups -OCH3 is 1. The van der Waals surface area contributed by atoms with Gasteiger partial charge in [0, 0.05) is 17.8 Å². The van der Waals surface area contributed by atoms with E-state index < -0.39 is 31.1 Å². The number of nitrogens with one attached hydrogen (secondary N) is 2. The molecule has 1 aromatic carbocycles. The first-order chi connectivity index (χ1) is 17.1. The number of aromatic amines is 1. The van der Waals surface area contributed by atoms with Crippen LogP contribution in [0.15, 0.2) is 36.8 Å². The molecule has 12 heteroatoms. The highest BCUT2D eigenvalue weighted by molar-refractivity contribution is 5.87. The molecule has 4 aromatic rings. The van der Waals surface area contributed by atoms with Gasteiger partial charge in [0.25, 0.3) is 0 Å². The molecule has 0 spiro atoms. The summed E-state index contributed by atoms with van der Waals surface area (Å²) in [6.45, 7) is -0.422. The van der Waals surface area contributed by atoms with E-state index in [1.165, 1.54) is 6.33 Å². The van der Waals surface area contributed by atoms with E-state index in [0.29, 0.717) is 34.5 Å². The number of imidazole rings is 1. The van der Waals surface area contributed by atoms with E-state index >= 15 is 0 Å². The van der Waals surface area contributed by atoms with Gasteiger partial charge in [-0.15, -0.1) is 0 Å². The van der Waals surface area contributed by atoms with E-state index in [-0.39, 0.29) is 0 Å². The number of ether oxygens (including phenoxy) is 2. The summed E-state index contributed by atoms with van der Waals surface area (Å²) in [5, 5.41) is 41.1. The second-order valence-electron chi connectivity index (χ2n) is 8.74. The van der Waals surface area contributed by atoms with E-state index in [4.69, 9.17) is 19.4 Å². The Morgan fingerprint density at radius 3 is 2.66 bits per heavy atom. The Hall–Kier alpha value is -3.58. The number of hydrogen-bond acceptors (Lipinski definition) is 10. The minimum atomic E-state index is -1.26. The lowest BCUT2D eigenvalue weighted by Gasteiger charge is -2.17. The third-order valence-electron chi connectivity index (χ3n) is 6.38. The SMILES string of the molecule is COc1ccc(-c2c[nH]nc2-c2nc(NC3CC3)c3ncn([C@@H]4O[C@H](CO)[C@@H](O)[C@H]4O)c3n2)cc1. The Balaban J connectivity index is 1.46. The summed E-state index contributed by atoms with van der Waals surface area (Å²) in [5.41, 5.74) is 3.19. The molecule has 4 heterocycles. The Kier molecular flexibility index (Phi) is 5.37. The number of H-pyrrole nitrogens is 1. The van der Waals surface area contributed by atoms with Crippen LogP contribution in [0.4, 0.5) is 5.82 Å². The normalized spacial score (nSPS) is 24.2. The Labute approximate surface area is 199 Å². The van der Waals surface area contributed by atoms with Crippen LogP contribution in [0, 0.1) is 0 Å². The molecule has 4 atom stereocenters. The highest BCUT2D eigenvalue weighted by atomic mass is 16.6. The van der Waals surface area contributed by atoms with E-state index in [0.717, 1.165) is 29.7 Å². The zero-order chi connectivity index (χ0) is 24.1. The van der Waals surface area contributed by atoms with Crippen molar-refractivity contribution in [2.45, 2.75) is 43.4 Å². The molecule has 12 nitrogen and oxygen atoms in total. The number of aliphatic hydroxyl groups excluding tert-OH is 3. The predicted octanol–water partition coefficient (Wildman–Crippen LogP) is 1.08. The summed E-state index contributed by atoms with van der Waals surface area (Å²) in [6, 6.07) is 7.90. The monoisotopic (exact) mass is 479 g/mol. The standard InChI is InChI=1S/C23H25N7O5/c1-34-13-6-2-11(3-7-13)14-8-25-29-16(14)20-27-21(26-12-4-5-12)17-22(28-20)30(10-24-17)23-19(33)18(32)15(9-31)35-23/h2-3,6-8,10,12,15,18-19,23,31-33H,4-5,9H2,1H3,(H,25,29)(H,26,27,28)/t15-,18-,19-,23-/m1/s1. The number of aliphatic hydroxyl groups is 3. The lowest BCUT2D eigenvalue weighted by molar-refractivity contribution is -0.0511. The van der Waals surface area contributed by atoms with Gasteiger partial charge in [0.15, 0.2) is 29.0 Å². The number of aromatic nitrogens is 6. The predicted molar refractivity (Wildman–Crippen MR) is 125 cm³/mol. The van der Waals surface area contributed by atoms with Crippen molar-refractivity contribution in [1.82, 2.24) is 29.7 Å². The van der Waals surface area contributed by atoms with Gasteiger partial charge in [-0.25, -0.2) is 15.0 Å². The molecule has 1 aliphatic carbocycles. The fraction of sp³-hybridized carbons (Fsp3) is 0.391. The number of fused-ring (bicyclic) bond motifs is 1. The highest BCUT2D eigenvalue weighted by Crippen LogP contribution is 2.36. The van der Waals surface area contributed by atoms with Crippen molar-refractivity contribution < 1.29 is 24.8 Å². The van der Waals surface area contributed by atoms with Crippen molar-refractivity contribution in [2.24, 2.45) is 0 Å². The molecule has 182 valence electrons. The number of rotatable bonds is 7. The van der Waals surface area contributed by atoms with Crippen LogP contribution in [-0.2, 0) is 4.74 Å². The molecule has 5 N–H and O–H groups in total. The van der Waals surface area contributed by atoms with Crippen molar-refractivity contribution in [3.8, 4) is 28.4 Å². The van der Waals surface area contributed by atoms with Gasteiger partial charge in [0.2, 0.25) is 0 Å². The molecule has 35 heavy (non-hydrogen) atoms. The average molecular weight is 479 g/mol. The smallest absolute Gasteiger partial charge is 0.184 e. The summed E-state index contributed by atoms with van der Waals surface area (Å²) in [7, 11) is 1.62. The first-order valence-corrected chi connectivity index (χ1v) is 11.4. The maximum absolute atomic E-state index is 10.6. The lowest BCUT2D eigenvalue weighted by atomic mass is 10.1. The summed E-state index contributed by atoms with van der Waals surface area (Å²) >= 11 is 0. The zero-order valence-electron chi connectivity index (χ0n) is 18.9. The molecule has 0 bridgehead atoms. The van der Waals surface area contributed by atoms with Crippen LogP contribution in [-0.4, -0.2) is 83.1 Å². The topological polar surface area (TPSA) is 163 Å². The van der Waals surface area contributed by atoms with Crippen molar-refractivity contribution >= 4 is 17.0 Å². The molecule has 1 saturated heterocycles. The minimum Gasteiger partial charge on any atom is -0.497 e. The molecule has 6 rings (SSSR count). The number of nitrogens with zero attached hydrogens (tertiary/aromatic N) is 5. The van der Waals surface area contributed by atoms with Gasteiger partial charge in [-0.3, -0.25) is 9.67 Å². The van der Waals surface area contributed by atoms with Gasteiger partial charge >= 0.3 is 0 Å². The summed E-state index contributed by atoms with van der Waals surface area (Å²) in [5.74, 6) is 1.66. The van der Waals surface area contributed by atoms with Crippen LogP contribution in [0.25, 0.3) is 33.8 Å². The molecule has 2 aliphatic rings. The second kappa shape index (κ2) is 8.57. The van der Waals surface area contributed by atoms with Crippen LogP contribution in [0.3, 0.4) is 0 Å². The number of anilines is 1. The molecule has 1 saturated carbocycles. The van der Waals surface area contributed by atoms with Gasteiger partial charge in [0.05, 0.1) is 20.0 Å². The van der Waals surface area contributed by atoms with E-state index in [9.17, 15) is 15.3 Å². The van der Waals surface area contributed by atoms with Gasteiger partial charge in [0.1, 0.15) is 29.8 Å². The van der Waals surface area contributed by atoms with Crippen LogP contribution >= 0.6 is 0 Å². The largest absolute Gasteiger partial charge is 0.497 e. The van der Waals surface area contributed by atoms with Crippen LogP contribution in [0.5, 0.6) is 5.75 Å². The van der Waals surface area contributed by atoms with Crippen LogP contribution in [0.2, 0.25) is 0 Å². The van der Waals surface area contributed by atoms with Crippen molar-refractivity contribution in [2.75, 3.05) is 19.0 Å². The first-order valence-electron chi connectivity index (χ1n) is 11.4. The highest BCUT2D eigenvalue weighted by Gasteiger charge is 2.44. The van der Waals surface area contributed by atoms with Crippen LogP contribution < -0.4 is 10.1 Å². The number of benzene rings is 1. The first kappa shape index (κ1) is 21.9. The molecule has 1 aliphatic heterocycles. The quantitative estimate of drug-likeness (QED) is 0.259. The second-order valence-corrected chi connectivity index (χ2v) is 8.74. The lowest BCUT2D eigenvalue weighted by Crippen LogP contribution is -2.33. The van der Waals surface area contributed by atoms with Crippen molar-refractivity contribution in [1.29, 1.82) is 0 Å². The fourth-order valence-corrected chi connectivity index (χ4v) is 4.29. The Bertz CT molecular complexity index is 1350. The van der Waals surface area contributed by atoms with Crippen molar-refractivity contribution in [3.63, 3.8) is 0 Å². The molecular formula is C23H25N7O5. The van der Waals surface area contributed by atoms with Gasteiger partial charge in [-0.2, -0.15) is 5.10 Å². The molecule has 0 unspecified atom stereocenters. The van der Waals surface area contributed by atoms with E-state index in [1.807, 2.05) is 24.3 Å². The number of hydrogen-bond donors (Lipinski definition) is 5. The van der Waals surface area contributed by atoms with Gasteiger partial charge < -0.3 is 30.1 Å². The molecule has 0 radical (unpaired) electrons.